The lowest BCUT2D eigenvalue weighted by atomic mass is 10.2. The SMILES string of the molecule is CCNC(=NCc1cccc(N2CC=CC2)c1)NC(C)COC1CCOC1. The van der Waals surface area contributed by atoms with Crippen molar-refractivity contribution in [2.75, 3.05) is 44.4 Å². The highest BCUT2D eigenvalue weighted by molar-refractivity contribution is 5.80. The van der Waals surface area contributed by atoms with E-state index in [1.165, 1.54) is 11.3 Å². The van der Waals surface area contributed by atoms with Gasteiger partial charge in [0.2, 0.25) is 0 Å². The summed E-state index contributed by atoms with van der Waals surface area (Å²) in [5.41, 5.74) is 2.47. The molecule has 0 aromatic heterocycles. The number of hydrogen-bond acceptors (Lipinski definition) is 4. The van der Waals surface area contributed by atoms with Crippen LogP contribution in [0, 0.1) is 0 Å². The van der Waals surface area contributed by atoms with E-state index in [0.717, 1.165) is 38.6 Å². The lowest BCUT2D eigenvalue weighted by Crippen LogP contribution is -2.44. The van der Waals surface area contributed by atoms with Crippen LogP contribution in [0.15, 0.2) is 41.4 Å². The van der Waals surface area contributed by atoms with Gasteiger partial charge in [0, 0.05) is 38.0 Å². The molecule has 0 radical (unpaired) electrons. The maximum Gasteiger partial charge on any atom is 0.191 e. The Labute approximate surface area is 162 Å². The molecule has 2 unspecified atom stereocenters. The van der Waals surface area contributed by atoms with E-state index in [1.807, 2.05) is 0 Å². The third kappa shape index (κ3) is 6.26. The highest BCUT2D eigenvalue weighted by Gasteiger charge is 2.17. The summed E-state index contributed by atoms with van der Waals surface area (Å²) in [6.45, 7) is 9.81. The summed E-state index contributed by atoms with van der Waals surface area (Å²) in [7, 11) is 0. The van der Waals surface area contributed by atoms with Crippen LogP contribution < -0.4 is 15.5 Å². The molecule has 27 heavy (non-hydrogen) atoms. The number of nitrogens with zero attached hydrogens (tertiary/aromatic N) is 2. The van der Waals surface area contributed by atoms with Crippen LogP contribution in [0.25, 0.3) is 0 Å². The Morgan fingerprint density at radius 3 is 2.96 bits per heavy atom. The van der Waals surface area contributed by atoms with Gasteiger partial charge in [-0.15, -0.1) is 0 Å². The zero-order valence-electron chi connectivity index (χ0n) is 16.5. The van der Waals surface area contributed by atoms with Crippen molar-refractivity contribution in [2.45, 2.75) is 39.0 Å². The van der Waals surface area contributed by atoms with Crippen LogP contribution in [0.5, 0.6) is 0 Å². The minimum atomic E-state index is 0.186. The molecule has 2 aliphatic heterocycles. The average molecular weight is 373 g/mol. The van der Waals surface area contributed by atoms with Crippen molar-refractivity contribution in [2.24, 2.45) is 4.99 Å². The molecule has 0 aliphatic carbocycles. The molecule has 3 rings (SSSR count). The summed E-state index contributed by atoms with van der Waals surface area (Å²) in [4.78, 5) is 7.10. The van der Waals surface area contributed by atoms with Crippen molar-refractivity contribution in [1.29, 1.82) is 0 Å². The summed E-state index contributed by atoms with van der Waals surface area (Å²) >= 11 is 0. The molecule has 1 saturated heterocycles. The Kier molecular flexibility index (Phi) is 7.54. The molecule has 0 amide bonds. The van der Waals surface area contributed by atoms with Crippen molar-refractivity contribution in [3.8, 4) is 0 Å². The molecule has 0 bridgehead atoms. The van der Waals surface area contributed by atoms with Gasteiger partial charge in [0.15, 0.2) is 5.96 Å². The van der Waals surface area contributed by atoms with Gasteiger partial charge in [0.25, 0.3) is 0 Å². The summed E-state index contributed by atoms with van der Waals surface area (Å²) in [6.07, 6.45) is 5.64. The number of guanidine groups is 1. The first kappa shape index (κ1) is 19.7. The van der Waals surface area contributed by atoms with E-state index in [4.69, 9.17) is 14.5 Å². The number of ether oxygens (including phenoxy) is 2. The average Bonchev–Trinajstić information content (AvgIpc) is 3.39. The van der Waals surface area contributed by atoms with Crippen LogP contribution in [0.3, 0.4) is 0 Å². The highest BCUT2D eigenvalue weighted by atomic mass is 16.5. The summed E-state index contributed by atoms with van der Waals surface area (Å²) in [6, 6.07) is 8.82. The third-order valence-electron chi connectivity index (χ3n) is 4.71. The van der Waals surface area contributed by atoms with Crippen molar-refractivity contribution >= 4 is 11.6 Å². The summed E-state index contributed by atoms with van der Waals surface area (Å²) < 4.78 is 11.3. The molecular weight excluding hydrogens is 340 g/mol. The lowest BCUT2D eigenvalue weighted by molar-refractivity contribution is 0.0347. The van der Waals surface area contributed by atoms with Crippen molar-refractivity contribution in [3.63, 3.8) is 0 Å². The minimum Gasteiger partial charge on any atom is -0.379 e. The standard InChI is InChI=1S/C21H32N4O2/c1-3-22-21(24-17(2)15-27-20-9-12-26-16-20)23-14-18-7-6-8-19(13-18)25-10-4-5-11-25/h4-8,13,17,20H,3,9-12,14-16H2,1-2H3,(H2,22,23,24). The van der Waals surface area contributed by atoms with Crippen LogP contribution in [-0.4, -0.2) is 57.6 Å². The Morgan fingerprint density at radius 2 is 2.22 bits per heavy atom. The molecule has 1 aromatic carbocycles. The van der Waals surface area contributed by atoms with E-state index in [-0.39, 0.29) is 12.1 Å². The minimum absolute atomic E-state index is 0.186. The normalized spacial score (nSPS) is 20.9. The Morgan fingerprint density at radius 1 is 1.37 bits per heavy atom. The van der Waals surface area contributed by atoms with Crippen LogP contribution in [0.4, 0.5) is 5.69 Å². The van der Waals surface area contributed by atoms with Gasteiger partial charge >= 0.3 is 0 Å². The highest BCUT2D eigenvalue weighted by Crippen LogP contribution is 2.19. The molecule has 1 aromatic rings. The predicted octanol–water partition coefficient (Wildman–Crippen LogP) is 2.31. The molecule has 2 aliphatic rings. The van der Waals surface area contributed by atoms with E-state index in [9.17, 15) is 0 Å². The molecule has 1 fully saturated rings. The number of rotatable bonds is 8. The van der Waals surface area contributed by atoms with Crippen LogP contribution >= 0.6 is 0 Å². The molecular formula is C21H32N4O2. The zero-order valence-corrected chi connectivity index (χ0v) is 16.5. The Balaban J connectivity index is 1.52. The van der Waals surface area contributed by atoms with Gasteiger partial charge in [0.05, 0.1) is 25.9 Å². The van der Waals surface area contributed by atoms with Crippen LogP contribution in [0.1, 0.15) is 25.8 Å². The molecule has 2 atom stereocenters. The number of benzene rings is 1. The number of nitrogens with one attached hydrogen (secondary N) is 2. The molecule has 6 heteroatoms. The predicted molar refractivity (Wildman–Crippen MR) is 110 cm³/mol. The number of anilines is 1. The molecule has 2 N–H and O–H groups in total. The smallest absolute Gasteiger partial charge is 0.191 e. The van der Waals surface area contributed by atoms with Crippen molar-refractivity contribution in [1.82, 2.24) is 10.6 Å². The number of hydrogen-bond donors (Lipinski definition) is 2. The first-order valence-electron chi connectivity index (χ1n) is 9.97. The van der Waals surface area contributed by atoms with Gasteiger partial charge < -0.3 is 25.0 Å². The van der Waals surface area contributed by atoms with E-state index < -0.39 is 0 Å². The van der Waals surface area contributed by atoms with E-state index >= 15 is 0 Å². The van der Waals surface area contributed by atoms with E-state index in [2.05, 4.69) is 65.8 Å². The first-order chi connectivity index (χ1) is 13.2. The maximum atomic E-state index is 5.90. The molecule has 148 valence electrons. The zero-order chi connectivity index (χ0) is 18.9. The van der Waals surface area contributed by atoms with Gasteiger partial charge in [-0.1, -0.05) is 24.3 Å². The molecule has 6 nitrogen and oxygen atoms in total. The van der Waals surface area contributed by atoms with Gasteiger partial charge in [-0.3, -0.25) is 0 Å². The second kappa shape index (κ2) is 10.3. The first-order valence-corrected chi connectivity index (χ1v) is 9.97. The fraction of sp³-hybridized carbons (Fsp3) is 0.571. The van der Waals surface area contributed by atoms with Gasteiger partial charge in [-0.25, -0.2) is 4.99 Å². The lowest BCUT2D eigenvalue weighted by Gasteiger charge is -2.20. The quantitative estimate of drug-likeness (QED) is 0.417. The second-order valence-electron chi connectivity index (χ2n) is 7.11. The summed E-state index contributed by atoms with van der Waals surface area (Å²) in [5, 5.41) is 6.75. The fourth-order valence-corrected chi connectivity index (χ4v) is 3.23. The van der Waals surface area contributed by atoms with Crippen LogP contribution in [0.2, 0.25) is 0 Å². The second-order valence-corrected chi connectivity index (χ2v) is 7.11. The Bertz CT molecular complexity index is 633. The number of aliphatic imine (C=N–C) groups is 1. The maximum absolute atomic E-state index is 5.90. The fourth-order valence-electron chi connectivity index (χ4n) is 3.23. The van der Waals surface area contributed by atoms with Gasteiger partial charge in [-0.05, 0) is 38.0 Å². The third-order valence-corrected chi connectivity index (χ3v) is 4.71. The Hall–Kier alpha value is -2.05. The topological polar surface area (TPSA) is 58.1 Å². The van der Waals surface area contributed by atoms with Gasteiger partial charge in [0.1, 0.15) is 0 Å². The molecule has 0 saturated carbocycles. The van der Waals surface area contributed by atoms with E-state index in [1.54, 1.807) is 0 Å². The monoisotopic (exact) mass is 372 g/mol. The largest absolute Gasteiger partial charge is 0.379 e. The van der Waals surface area contributed by atoms with Crippen molar-refractivity contribution < 1.29 is 9.47 Å². The van der Waals surface area contributed by atoms with Gasteiger partial charge in [-0.2, -0.15) is 0 Å². The van der Waals surface area contributed by atoms with E-state index in [0.29, 0.717) is 19.8 Å². The molecule has 0 spiro atoms. The van der Waals surface area contributed by atoms with Crippen LogP contribution in [-0.2, 0) is 16.0 Å². The summed E-state index contributed by atoms with van der Waals surface area (Å²) in [5.74, 6) is 0.824. The van der Waals surface area contributed by atoms with Crippen molar-refractivity contribution in [3.05, 3.63) is 42.0 Å². The molecule has 2 heterocycles.